The number of alkyl halides is 3. The van der Waals surface area contributed by atoms with Crippen LogP contribution in [0.25, 0.3) is 5.69 Å². The van der Waals surface area contributed by atoms with E-state index in [-0.39, 0.29) is 18.0 Å². The second kappa shape index (κ2) is 6.84. The van der Waals surface area contributed by atoms with Crippen LogP contribution in [0.4, 0.5) is 18.9 Å². The quantitative estimate of drug-likeness (QED) is 0.700. The number of hydrogen-bond donors (Lipinski definition) is 1. The number of ether oxygens (including phenoxy) is 2. The van der Waals surface area contributed by atoms with Crippen LogP contribution in [-0.2, 0) is 6.18 Å². The summed E-state index contributed by atoms with van der Waals surface area (Å²) in [4.78, 5) is 12.7. The van der Waals surface area contributed by atoms with Crippen LogP contribution in [0.1, 0.15) is 27.3 Å². The molecule has 4 rings (SSSR count). The van der Waals surface area contributed by atoms with Gasteiger partial charge in [-0.3, -0.25) is 4.79 Å². The van der Waals surface area contributed by atoms with E-state index < -0.39 is 17.6 Å². The molecular formula is C20H16F3N3O3. The molecule has 0 saturated carbocycles. The molecule has 29 heavy (non-hydrogen) atoms. The first-order chi connectivity index (χ1) is 13.7. The molecular weight excluding hydrogens is 387 g/mol. The summed E-state index contributed by atoms with van der Waals surface area (Å²) in [6, 6.07) is 9.51. The van der Waals surface area contributed by atoms with Gasteiger partial charge < -0.3 is 14.8 Å². The van der Waals surface area contributed by atoms with Crippen molar-refractivity contribution in [3.05, 3.63) is 65.0 Å². The number of nitrogens with zero attached hydrogens (tertiary/aromatic N) is 2. The standard InChI is InChI=1S/C20H16F3N3O3/c1-11-7-12(2)26(25-11)16-5-4-14(20(21,22)23)9-15(16)24-19(27)13-3-6-17-18(8-13)29-10-28-17/h3-9H,10H2,1-2H3,(H,24,27). The first kappa shape index (κ1) is 18.9. The van der Waals surface area contributed by atoms with Crippen molar-refractivity contribution in [3.8, 4) is 17.2 Å². The number of carbonyl (C=O) groups is 1. The SMILES string of the molecule is Cc1cc(C)n(-c2ccc(C(F)(F)F)cc2NC(=O)c2ccc3c(c2)OCO3)n1. The second-order valence-corrected chi connectivity index (χ2v) is 6.59. The molecule has 0 unspecified atom stereocenters. The summed E-state index contributed by atoms with van der Waals surface area (Å²) in [5, 5.41) is 6.88. The second-order valence-electron chi connectivity index (χ2n) is 6.59. The van der Waals surface area contributed by atoms with E-state index in [4.69, 9.17) is 9.47 Å². The zero-order valence-electron chi connectivity index (χ0n) is 15.5. The average Bonchev–Trinajstić information content (AvgIpc) is 3.25. The number of aromatic nitrogens is 2. The Kier molecular flexibility index (Phi) is 4.45. The number of hydrogen-bond acceptors (Lipinski definition) is 4. The van der Waals surface area contributed by atoms with Gasteiger partial charge in [-0.2, -0.15) is 18.3 Å². The summed E-state index contributed by atoms with van der Waals surface area (Å²) >= 11 is 0. The molecule has 1 N–H and O–H groups in total. The maximum atomic E-state index is 13.2. The van der Waals surface area contributed by atoms with E-state index in [1.807, 2.05) is 0 Å². The fourth-order valence-electron chi connectivity index (χ4n) is 3.10. The first-order valence-electron chi connectivity index (χ1n) is 8.68. The van der Waals surface area contributed by atoms with Gasteiger partial charge in [0.15, 0.2) is 11.5 Å². The van der Waals surface area contributed by atoms with Crippen molar-refractivity contribution in [2.75, 3.05) is 12.1 Å². The smallest absolute Gasteiger partial charge is 0.416 e. The fraction of sp³-hybridized carbons (Fsp3) is 0.200. The van der Waals surface area contributed by atoms with Crippen molar-refractivity contribution < 1.29 is 27.4 Å². The van der Waals surface area contributed by atoms with Gasteiger partial charge in [-0.05, 0) is 56.3 Å². The molecule has 2 heterocycles. The first-order valence-corrected chi connectivity index (χ1v) is 8.68. The van der Waals surface area contributed by atoms with E-state index in [1.165, 1.54) is 22.9 Å². The molecule has 1 aliphatic heterocycles. The number of halogens is 3. The molecule has 1 amide bonds. The van der Waals surface area contributed by atoms with Crippen LogP contribution in [0.5, 0.6) is 11.5 Å². The molecule has 2 aromatic carbocycles. The van der Waals surface area contributed by atoms with Crippen LogP contribution in [0.3, 0.4) is 0 Å². The molecule has 0 bridgehead atoms. The molecule has 3 aromatic rings. The lowest BCUT2D eigenvalue weighted by atomic mass is 10.1. The van der Waals surface area contributed by atoms with Crippen LogP contribution < -0.4 is 14.8 Å². The highest BCUT2D eigenvalue weighted by atomic mass is 19.4. The van der Waals surface area contributed by atoms with Crippen molar-refractivity contribution in [2.45, 2.75) is 20.0 Å². The number of rotatable bonds is 3. The van der Waals surface area contributed by atoms with Crippen molar-refractivity contribution in [2.24, 2.45) is 0 Å². The zero-order valence-corrected chi connectivity index (χ0v) is 15.5. The van der Waals surface area contributed by atoms with Crippen LogP contribution >= 0.6 is 0 Å². The Morgan fingerprint density at radius 1 is 1.07 bits per heavy atom. The Balaban J connectivity index is 1.74. The van der Waals surface area contributed by atoms with Gasteiger partial charge in [0, 0.05) is 11.3 Å². The number of amides is 1. The molecule has 0 radical (unpaired) electrons. The van der Waals surface area contributed by atoms with E-state index in [2.05, 4.69) is 10.4 Å². The van der Waals surface area contributed by atoms with E-state index in [1.54, 1.807) is 26.0 Å². The van der Waals surface area contributed by atoms with E-state index in [9.17, 15) is 18.0 Å². The van der Waals surface area contributed by atoms with E-state index in [0.29, 0.717) is 22.9 Å². The topological polar surface area (TPSA) is 65.4 Å². The summed E-state index contributed by atoms with van der Waals surface area (Å²) in [7, 11) is 0. The highest BCUT2D eigenvalue weighted by Crippen LogP contribution is 2.35. The lowest BCUT2D eigenvalue weighted by Crippen LogP contribution is -2.16. The maximum absolute atomic E-state index is 13.2. The molecule has 150 valence electrons. The fourth-order valence-corrected chi connectivity index (χ4v) is 3.10. The summed E-state index contributed by atoms with van der Waals surface area (Å²) in [6.45, 7) is 3.61. The molecule has 0 saturated heterocycles. The Morgan fingerprint density at radius 2 is 1.83 bits per heavy atom. The highest BCUT2D eigenvalue weighted by molar-refractivity contribution is 6.05. The zero-order chi connectivity index (χ0) is 20.8. The highest BCUT2D eigenvalue weighted by Gasteiger charge is 2.31. The van der Waals surface area contributed by atoms with E-state index >= 15 is 0 Å². The van der Waals surface area contributed by atoms with Crippen molar-refractivity contribution >= 4 is 11.6 Å². The van der Waals surface area contributed by atoms with Crippen LogP contribution in [0.15, 0.2) is 42.5 Å². The Morgan fingerprint density at radius 3 is 2.52 bits per heavy atom. The minimum Gasteiger partial charge on any atom is -0.454 e. The Hall–Kier alpha value is -3.49. The minimum atomic E-state index is -4.55. The lowest BCUT2D eigenvalue weighted by molar-refractivity contribution is -0.137. The van der Waals surface area contributed by atoms with Gasteiger partial charge in [0.05, 0.1) is 22.6 Å². The third-order valence-corrected chi connectivity index (χ3v) is 4.44. The molecule has 9 heteroatoms. The van der Waals surface area contributed by atoms with Crippen molar-refractivity contribution in [3.63, 3.8) is 0 Å². The number of fused-ring (bicyclic) bond motifs is 1. The van der Waals surface area contributed by atoms with Crippen molar-refractivity contribution in [1.29, 1.82) is 0 Å². The summed E-state index contributed by atoms with van der Waals surface area (Å²) < 4.78 is 51.6. The molecule has 1 aromatic heterocycles. The largest absolute Gasteiger partial charge is 0.454 e. The number of nitrogens with one attached hydrogen (secondary N) is 1. The number of benzene rings is 2. The Bertz CT molecular complexity index is 1110. The van der Waals surface area contributed by atoms with Gasteiger partial charge in [0.2, 0.25) is 6.79 Å². The molecule has 6 nitrogen and oxygen atoms in total. The molecule has 0 aliphatic carbocycles. The van der Waals surface area contributed by atoms with Gasteiger partial charge in [-0.25, -0.2) is 4.68 Å². The number of carbonyl (C=O) groups excluding carboxylic acids is 1. The normalized spacial score (nSPS) is 12.9. The molecule has 1 aliphatic rings. The van der Waals surface area contributed by atoms with E-state index in [0.717, 1.165) is 17.8 Å². The van der Waals surface area contributed by atoms with Gasteiger partial charge >= 0.3 is 6.18 Å². The number of aryl methyl sites for hydroxylation is 2. The van der Waals surface area contributed by atoms with Gasteiger partial charge in [-0.15, -0.1) is 0 Å². The van der Waals surface area contributed by atoms with Gasteiger partial charge in [0.1, 0.15) is 0 Å². The number of anilines is 1. The summed E-state index contributed by atoms with van der Waals surface area (Å²) in [6.07, 6.45) is -4.55. The third kappa shape index (κ3) is 3.63. The monoisotopic (exact) mass is 403 g/mol. The van der Waals surface area contributed by atoms with Crippen LogP contribution in [-0.4, -0.2) is 22.5 Å². The predicted molar refractivity (Wildman–Crippen MR) is 98.6 cm³/mol. The van der Waals surface area contributed by atoms with Crippen LogP contribution in [0, 0.1) is 13.8 Å². The van der Waals surface area contributed by atoms with Gasteiger partial charge in [0.25, 0.3) is 5.91 Å². The summed E-state index contributed by atoms with van der Waals surface area (Å²) in [5.74, 6) is 0.329. The Labute approximate surface area is 163 Å². The predicted octanol–water partition coefficient (Wildman–Crippen LogP) is 4.49. The molecule has 0 atom stereocenters. The maximum Gasteiger partial charge on any atom is 0.416 e. The van der Waals surface area contributed by atoms with Gasteiger partial charge in [-0.1, -0.05) is 0 Å². The van der Waals surface area contributed by atoms with Crippen LogP contribution in [0.2, 0.25) is 0 Å². The average molecular weight is 403 g/mol. The summed E-state index contributed by atoms with van der Waals surface area (Å²) in [5.41, 5.74) is 1.11. The molecule has 0 fully saturated rings. The molecule has 0 spiro atoms. The third-order valence-electron chi connectivity index (χ3n) is 4.44. The minimum absolute atomic E-state index is 0.00584. The van der Waals surface area contributed by atoms with Crippen molar-refractivity contribution in [1.82, 2.24) is 9.78 Å². The lowest BCUT2D eigenvalue weighted by Gasteiger charge is -2.16.